The third-order valence-electron chi connectivity index (χ3n) is 11.2. The summed E-state index contributed by atoms with van der Waals surface area (Å²) in [4.78, 5) is 4.76. The molecule has 0 unspecified atom stereocenters. The summed E-state index contributed by atoms with van der Waals surface area (Å²) in [6.07, 6.45) is 0. The molecule has 56 heavy (non-hydrogen) atoms. The number of nitrogens with zero attached hydrogens (tertiary/aromatic N) is 2. The summed E-state index contributed by atoms with van der Waals surface area (Å²) in [7, 11) is 0. The molecule has 0 aliphatic carbocycles. The van der Waals surface area contributed by atoms with Gasteiger partial charge in [0.15, 0.2) is 0 Å². The molecule has 2 nitrogen and oxygen atoms in total. The standard InChI is InChI=1S/C54H52N2/c1-35(2)37-15-23-45(24-16-37)55(46-25-17-38(18-26-46)36(3)4)49-31-39-11-13-41-33-50(34-42-14-12-40(32-49)51(39)52(41)42)56(47-27-19-43(20-28-47)53(5,6)7)48-29-21-44(22-30-48)54(8,9)10/h11-34H,1,3H2,2,4-10H3. The fourth-order valence-electron chi connectivity index (χ4n) is 7.97. The normalized spacial score (nSPS) is 12.1. The number of benzene rings is 8. The van der Waals surface area contributed by atoms with Gasteiger partial charge in [0.25, 0.3) is 0 Å². The number of rotatable bonds is 8. The molecular formula is C54H52N2. The highest BCUT2D eigenvalue weighted by Crippen LogP contribution is 2.45. The molecule has 0 N–H and O–H groups in total. The van der Waals surface area contributed by atoms with E-state index in [1.807, 2.05) is 0 Å². The Morgan fingerprint density at radius 2 is 0.607 bits per heavy atom. The molecule has 0 atom stereocenters. The van der Waals surface area contributed by atoms with Gasteiger partial charge < -0.3 is 9.80 Å². The zero-order valence-corrected chi connectivity index (χ0v) is 34.2. The monoisotopic (exact) mass is 728 g/mol. The Morgan fingerprint density at radius 3 is 0.839 bits per heavy atom. The zero-order chi connectivity index (χ0) is 39.5. The molecule has 0 saturated carbocycles. The van der Waals surface area contributed by atoms with E-state index in [2.05, 4.69) is 224 Å². The fourth-order valence-corrected chi connectivity index (χ4v) is 7.97. The molecule has 0 saturated heterocycles. The minimum Gasteiger partial charge on any atom is -0.310 e. The second-order valence-electron chi connectivity index (χ2n) is 17.6. The minimum absolute atomic E-state index is 0.0792. The maximum atomic E-state index is 4.17. The molecule has 0 bridgehead atoms. The van der Waals surface area contributed by atoms with Crippen LogP contribution in [-0.2, 0) is 10.8 Å². The Kier molecular flexibility index (Phi) is 9.12. The first-order chi connectivity index (χ1) is 26.7. The highest BCUT2D eigenvalue weighted by atomic mass is 15.1. The second kappa shape index (κ2) is 13.9. The van der Waals surface area contributed by atoms with Crippen LogP contribution in [-0.4, -0.2) is 0 Å². The Labute approximate surface area is 333 Å². The van der Waals surface area contributed by atoms with E-state index in [1.54, 1.807) is 0 Å². The summed E-state index contributed by atoms with van der Waals surface area (Å²) in [5, 5.41) is 7.49. The van der Waals surface area contributed by atoms with Gasteiger partial charge in [0.1, 0.15) is 0 Å². The van der Waals surface area contributed by atoms with Crippen molar-refractivity contribution in [1.29, 1.82) is 0 Å². The van der Waals surface area contributed by atoms with E-state index in [0.717, 1.165) is 56.4 Å². The highest BCUT2D eigenvalue weighted by molar-refractivity contribution is 6.24. The van der Waals surface area contributed by atoms with Crippen LogP contribution in [0.25, 0.3) is 43.5 Å². The molecule has 0 aliphatic rings. The smallest absolute Gasteiger partial charge is 0.0473 e. The Bertz CT molecular complexity index is 2540. The lowest BCUT2D eigenvalue weighted by molar-refractivity contribution is 0.590. The van der Waals surface area contributed by atoms with Crippen LogP contribution in [0.2, 0.25) is 0 Å². The summed E-state index contributed by atoms with van der Waals surface area (Å²) in [5.41, 5.74) is 14.0. The second-order valence-corrected chi connectivity index (χ2v) is 17.6. The van der Waals surface area contributed by atoms with Crippen molar-refractivity contribution in [1.82, 2.24) is 0 Å². The Morgan fingerprint density at radius 1 is 0.357 bits per heavy atom. The van der Waals surface area contributed by atoms with E-state index >= 15 is 0 Å². The van der Waals surface area contributed by atoms with Gasteiger partial charge in [-0.2, -0.15) is 0 Å². The van der Waals surface area contributed by atoms with Crippen molar-refractivity contribution in [2.45, 2.75) is 66.2 Å². The number of hydrogen-bond acceptors (Lipinski definition) is 2. The lowest BCUT2D eigenvalue weighted by atomic mass is 9.86. The Balaban J connectivity index is 1.27. The average molecular weight is 729 g/mol. The minimum atomic E-state index is 0.0792. The predicted molar refractivity (Wildman–Crippen MR) is 246 cm³/mol. The van der Waals surface area contributed by atoms with Crippen molar-refractivity contribution in [3.8, 4) is 0 Å². The number of hydrogen-bond donors (Lipinski definition) is 0. The molecule has 278 valence electrons. The van der Waals surface area contributed by atoms with Gasteiger partial charge in [-0.1, -0.05) is 139 Å². The van der Waals surface area contributed by atoms with E-state index in [0.29, 0.717) is 0 Å². The van der Waals surface area contributed by atoms with Gasteiger partial charge >= 0.3 is 0 Å². The average Bonchev–Trinajstić information content (AvgIpc) is 3.17. The topological polar surface area (TPSA) is 6.48 Å². The molecule has 8 aromatic rings. The van der Waals surface area contributed by atoms with E-state index < -0.39 is 0 Å². The van der Waals surface area contributed by atoms with Crippen LogP contribution in [0.15, 0.2) is 159 Å². The molecule has 0 aliphatic heterocycles. The summed E-state index contributed by atoms with van der Waals surface area (Å²) < 4.78 is 0. The fraction of sp³-hybridized carbons (Fsp3) is 0.185. The molecule has 0 amide bonds. The maximum absolute atomic E-state index is 4.17. The maximum Gasteiger partial charge on any atom is 0.0473 e. The highest BCUT2D eigenvalue weighted by Gasteiger charge is 2.21. The Hall–Kier alpha value is -6.12. The first-order valence-corrected chi connectivity index (χ1v) is 19.7. The van der Waals surface area contributed by atoms with Crippen LogP contribution in [0.5, 0.6) is 0 Å². The quantitative estimate of drug-likeness (QED) is 0.144. The van der Waals surface area contributed by atoms with E-state index in [9.17, 15) is 0 Å². The van der Waals surface area contributed by atoms with Crippen LogP contribution in [0.4, 0.5) is 34.1 Å². The van der Waals surface area contributed by atoms with E-state index in [1.165, 1.54) is 43.4 Å². The SMILES string of the molecule is C=C(C)c1ccc(N(c2ccc(C(=C)C)cc2)c2cc3ccc4cc(N(c5ccc(C(C)(C)C)cc5)c5ccc(C(C)(C)C)cc5)cc5ccc(c2)c3c45)cc1. The van der Waals surface area contributed by atoms with Crippen molar-refractivity contribution in [2.24, 2.45) is 0 Å². The molecule has 0 aromatic heterocycles. The molecular weight excluding hydrogens is 677 g/mol. The molecule has 0 radical (unpaired) electrons. The molecule has 8 aromatic carbocycles. The van der Waals surface area contributed by atoms with Gasteiger partial charge in [-0.15, -0.1) is 0 Å². The lowest BCUT2D eigenvalue weighted by Gasteiger charge is -2.29. The molecule has 0 heterocycles. The van der Waals surface area contributed by atoms with Gasteiger partial charge in [-0.3, -0.25) is 0 Å². The van der Waals surface area contributed by atoms with Gasteiger partial charge in [0.05, 0.1) is 0 Å². The van der Waals surface area contributed by atoms with Crippen LogP contribution in [0.1, 0.15) is 77.6 Å². The summed E-state index contributed by atoms with van der Waals surface area (Å²) in [6, 6.07) is 54.2. The van der Waals surface area contributed by atoms with Crippen LogP contribution >= 0.6 is 0 Å². The summed E-state index contributed by atoms with van der Waals surface area (Å²) in [6.45, 7) is 26.1. The van der Waals surface area contributed by atoms with E-state index in [-0.39, 0.29) is 10.8 Å². The van der Waals surface area contributed by atoms with Crippen molar-refractivity contribution in [3.63, 3.8) is 0 Å². The predicted octanol–water partition coefficient (Wildman–Crippen LogP) is 16.2. The van der Waals surface area contributed by atoms with Gasteiger partial charge in [-0.25, -0.2) is 0 Å². The first-order valence-electron chi connectivity index (χ1n) is 19.7. The largest absolute Gasteiger partial charge is 0.310 e. The van der Waals surface area contributed by atoms with Crippen molar-refractivity contribution in [3.05, 3.63) is 181 Å². The van der Waals surface area contributed by atoms with Crippen LogP contribution in [0.3, 0.4) is 0 Å². The molecule has 8 rings (SSSR count). The third kappa shape index (κ3) is 6.86. The lowest BCUT2D eigenvalue weighted by Crippen LogP contribution is -2.14. The van der Waals surface area contributed by atoms with Crippen LogP contribution in [0, 0.1) is 0 Å². The molecule has 0 fully saturated rings. The third-order valence-corrected chi connectivity index (χ3v) is 11.2. The summed E-state index contributed by atoms with van der Waals surface area (Å²) >= 11 is 0. The number of anilines is 6. The first kappa shape index (κ1) is 36.8. The van der Waals surface area contributed by atoms with Gasteiger partial charge in [0.2, 0.25) is 0 Å². The zero-order valence-electron chi connectivity index (χ0n) is 34.2. The van der Waals surface area contributed by atoms with Crippen molar-refractivity contribution >= 4 is 77.6 Å². The van der Waals surface area contributed by atoms with E-state index in [4.69, 9.17) is 0 Å². The summed E-state index contributed by atoms with van der Waals surface area (Å²) in [5.74, 6) is 0. The van der Waals surface area contributed by atoms with Gasteiger partial charge in [-0.05, 0) is 152 Å². The van der Waals surface area contributed by atoms with Crippen molar-refractivity contribution < 1.29 is 0 Å². The molecule has 0 spiro atoms. The van der Waals surface area contributed by atoms with Gasteiger partial charge in [0, 0.05) is 34.1 Å². The van der Waals surface area contributed by atoms with Crippen molar-refractivity contribution in [2.75, 3.05) is 9.80 Å². The molecule has 2 heteroatoms. The van der Waals surface area contributed by atoms with Crippen LogP contribution < -0.4 is 9.80 Å². The number of allylic oxidation sites excluding steroid dienone is 2.